The molecular formula is C14H23N3O2. The van der Waals surface area contributed by atoms with Crippen molar-refractivity contribution >= 4 is 0 Å². The number of hydrogen-bond donors (Lipinski definition) is 1. The van der Waals surface area contributed by atoms with E-state index >= 15 is 0 Å². The Kier molecular flexibility index (Phi) is 4.71. The van der Waals surface area contributed by atoms with Crippen molar-refractivity contribution in [3.63, 3.8) is 0 Å². The molecule has 0 bridgehead atoms. The van der Waals surface area contributed by atoms with Crippen LogP contribution in [0.4, 0.5) is 0 Å². The van der Waals surface area contributed by atoms with Gasteiger partial charge in [0.25, 0.3) is 5.56 Å². The third-order valence-corrected chi connectivity index (χ3v) is 3.32. The normalized spacial score (nSPS) is 15.2. The average Bonchev–Trinajstić information content (AvgIpc) is 3.19. The summed E-state index contributed by atoms with van der Waals surface area (Å²) in [6.45, 7) is 5.83. The lowest BCUT2D eigenvalue weighted by atomic mass is 10.1. The molecule has 0 atom stereocenters. The molecular weight excluding hydrogens is 242 g/mol. The van der Waals surface area contributed by atoms with Crippen molar-refractivity contribution in [2.24, 2.45) is 0 Å². The minimum atomic E-state index is -0.00500. The van der Waals surface area contributed by atoms with Crippen molar-refractivity contribution in [2.75, 3.05) is 13.7 Å². The molecule has 5 nitrogen and oxygen atoms in total. The molecule has 1 aliphatic carbocycles. The standard InChI is InChI=1S/C14H23N3O2/c1-10(2)13-8-11(9-15-12-4-5-12)14(18)17(16-13)6-7-19-3/h8,10,12,15H,4-7,9H2,1-3H3. The highest BCUT2D eigenvalue weighted by molar-refractivity contribution is 5.16. The predicted molar refractivity (Wildman–Crippen MR) is 74.3 cm³/mol. The van der Waals surface area contributed by atoms with Crippen molar-refractivity contribution in [3.05, 3.63) is 27.7 Å². The van der Waals surface area contributed by atoms with Gasteiger partial charge in [-0.25, -0.2) is 4.68 Å². The molecule has 0 amide bonds. The van der Waals surface area contributed by atoms with Gasteiger partial charge < -0.3 is 10.1 Å². The zero-order valence-electron chi connectivity index (χ0n) is 12.0. The number of ether oxygens (including phenoxy) is 1. The van der Waals surface area contributed by atoms with Crippen LogP contribution in [0.2, 0.25) is 0 Å². The van der Waals surface area contributed by atoms with Crippen LogP contribution in [0.25, 0.3) is 0 Å². The van der Waals surface area contributed by atoms with Gasteiger partial charge in [0.05, 0.1) is 18.8 Å². The van der Waals surface area contributed by atoms with Crippen LogP contribution in [0.1, 0.15) is 43.9 Å². The molecule has 0 unspecified atom stereocenters. The molecule has 2 rings (SSSR count). The largest absolute Gasteiger partial charge is 0.383 e. The van der Waals surface area contributed by atoms with Gasteiger partial charge in [0.2, 0.25) is 0 Å². The highest BCUT2D eigenvalue weighted by Crippen LogP contribution is 2.19. The number of nitrogens with one attached hydrogen (secondary N) is 1. The van der Waals surface area contributed by atoms with Crippen LogP contribution in [0.5, 0.6) is 0 Å². The molecule has 1 saturated carbocycles. The van der Waals surface area contributed by atoms with Crippen LogP contribution in [0, 0.1) is 0 Å². The van der Waals surface area contributed by atoms with Crippen molar-refractivity contribution in [1.29, 1.82) is 0 Å². The monoisotopic (exact) mass is 265 g/mol. The summed E-state index contributed by atoms with van der Waals surface area (Å²) < 4.78 is 6.56. The summed E-state index contributed by atoms with van der Waals surface area (Å²) in [5, 5.41) is 7.80. The van der Waals surface area contributed by atoms with Gasteiger partial charge in [-0.1, -0.05) is 13.8 Å². The molecule has 0 spiro atoms. The van der Waals surface area contributed by atoms with E-state index in [1.807, 2.05) is 6.07 Å². The van der Waals surface area contributed by atoms with Gasteiger partial charge in [-0.05, 0) is 24.8 Å². The van der Waals surface area contributed by atoms with Gasteiger partial charge in [-0.15, -0.1) is 0 Å². The van der Waals surface area contributed by atoms with Gasteiger partial charge >= 0.3 is 0 Å². The average molecular weight is 265 g/mol. The van der Waals surface area contributed by atoms with E-state index in [-0.39, 0.29) is 5.56 Å². The highest BCUT2D eigenvalue weighted by atomic mass is 16.5. The second-order valence-corrected chi connectivity index (χ2v) is 5.43. The summed E-state index contributed by atoms with van der Waals surface area (Å²) >= 11 is 0. The van der Waals surface area contributed by atoms with Gasteiger partial charge in [-0.2, -0.15) is 5.10 Å². The molecule has 0 radical (unpaired) electrons. The first-order valence-corrected chi connectivity index (χ1v) is 6.95. The third kappa shape index (κ3) is 3.88. The van der Waals surface area contributed by atoms with Crippen LogP contribution in [0.3, 0.4) is 0 Å². The topological polar surface area (TPSA) is 56.1 Å². The Hall–Kier alpha value is -1.20. The molecule has 0 aromatic carbocycles. The van der Waals surface area contributed by atoms with Crippen molar-refractivity contribution < 1.29 is 4.74 Å². The molecule has 1 heterocycles. The van der Waals surface area contributed by atoms with E-state index in [2.05, 4.69) is 24.3 Å². The number of nitrogens with zero attached hydrogens (tertiary/aromatic N) is 2. The fourth-order valence-corrected chi connectivity index (χ4v) is 1.90. The third-order valence-electron chi connectivity index (χ3n) is 3.32. The predicted octanol–water partition coefficient (Wildman–Crippen LogP) is 1.27. The summed E-state index contributed by atoms with van der Waals surface area (Å²) in [6, 6.07) is 2.54. The van der Waals surface area contributed by atoms with Crippen LogP contribution in [0.15, 0.2) is 10.9 Å². The SMILES string of the molecule is COCCn1nc(C(C)C)cc(CNC2CC2)c1=O. The molecule has 0 aliphatic heterocycles. The first-order chi connectivity index (χ1) is 9.11. The minimum absolute atomic E-state index is 0.00500. The summed E-state index contributed by atoms with van der Waals surface area (Å²) in [4.78, 5) is 12.3. The Morgan fingerprint density at radius 3 is 2.84 bits per heavy atom. The molecule has 1 fully saturated rings. The Morgan fingerprint density at radius 1 is 1.53 bits per heavy atom. The molecule has 0 saturated heterocycles. The van der Waals surface area contributed by atoms with E-state index in [1.165, 1.54) is 17.5 Å². The van der Waals surface area contributed by atoms with Gasteiger partial charge in [0.1, 0.15) is 0 Å². The van der Waals surface area contributed by atoms with E-state index < -0.39 is 0 Å². The van der Waals surface area contributed by atoms with E-state index in [1.54, 1.807) is 7.11 Å². The zero-order valence-corrected chi connectivity index (χ0v) is 12.0. The van der Waals surface area contributed by atoms with Crippen molar-refractivity contribution in [3.8, 4) is 0 Å². The fraction of sp³-hybridized carbons (Fsp3) is 0.714. The summed E-state index contributed by atoms with van der Waals surface area (Å²) in [6.07, 6.45) is 2.44. The lowest BCUT2D eigenvalue weighted by molar-refractivity contribution is 0.181. The second kappa shape index (κ2) is 6.30. The first kappa shape index (κ1) is 14.2. The molecule has 106 valence electrons. The van der Waals surface area contributed by atoms with Gasteiger partial charge in [0, 0.05) is 25.3 Å². The Balaban J connectivity index is 2.22. The van der Waals surface area contributed by atoms with Crippen LogP contribution in [-0.2, 0) is 17.8 Å². The highest BCUT2D eigenvalue weighted by Gasteiger charge is 2.21. The Morgan fingerprint density at radius 2 is 2.26 bits per heavy atom. The van der Waals surface area contributed by atoms with Crippen LogP contribution >= 0.6 is 0 Å². The second-order valence-electron chi connectivity index (χ2n) is 5.43. The summed E-state index contributed by atoms with van der Waals surface area (Å²) in [5.41, 5.74) is 1.76. The lowest BCUT2D eigenvalue weighted by Crippen LogP contribution is -2.32. The molecule has 1 N–H and O–H groups in total. The molecule has 1 aromatic heterocycles. The maximum Gasteiger partial charge on any atom is 0.271 e. The van der Waals surface area contributed by atoms with E-state index in [9.17, 15) is 4.79 Å². The van der Waals surface area contributed by atoms with Gasteiger partial charge in [-0.3, -0.25) is 4.79 Å². The molecule has 1 aromatic rings. The van der Waals surface area contributed by atoms with E-state index in [4.69, 9.17) is 4.74 Å². The fourth-order valence-electron chi connectivity index (χ4n) is 1.90. The number of methoxy groups -OCH3 is 1. The van der Waals surface area contributed by atoms with E-state index in [0.717, 1.165) is 11.3 Å². The Bertz CT molecular complexity index is 478. The first-order valence-electron chi connectivity index (χ1n) is 6.95. The molecule has 19 heavy (non-hydrogen) atoms. The molecule has 5 heteroatoms. The van der Waals surface area contributed by atoms with Crippen LogP contribution in [-0.4, -0.2) is 29.5 Å². The minimum Gasteiger partial charge on any atom is -0.383 e. The number of aromatic nitrogens is 2. The van der Waals surface area contributed by atoms with Crippen molar-refractivity contribution in [1.82, 2.24) is 15.1 Å². The maximum absolute atomic E-state index is 12.3. The van der Waals surface area contributed by atoms with E-state index in [0.29, 0.717) is 31.7 Å². The number of rotatable bonds is 7. The zero-order chi connectivity index (χ0) is 13.8. The Labute approximate surface area is 114 Å². The van der Waals surface area contributed by atoms with Gasteiger partial charge in [0.15, 0.2) is 0 Å². The maximum atomic E-state index is 12.3. The smallest absolute Gasteiger partial charge is 0.271 e. The molecule has 1 aliphatic rings. The summed E-state index contributed by atoms with van der Waals surface area (Å²) in [7, 11) is 1.63. The quantitative estimate of drug-likeness (QED) is 0.806. The lowest BCUT2D eigenvalue weighted by Gasteiger charge is -2.12. The van der Waals surface area contributed by atoms with Crippen molar-refractivity contribution in [2.45, 2.75) is 51.7 Å². The number of hydrogen-bond acceptors (Lipinski definition) is 4. The summed E-state index contributed by atoms with van der Waals surface area (Å²) in [5.74, 6) is 0.314. The van der Waals surface area contributed by atoms with Crippen LogP contribution < -0.4 is 10.9 Å².